The van der Waals surface area contributed by atoms with Crippen LogP contribution in [0.1, 0.15) is 38.5 Å². The van der Waals surface area contributed by atoms with E-state index in [2.05, 4.69) is 20.3 Å². The van der Waals surface area contributed by atoms with E-state index in [0.717, 1.165) is 29.9 Å². The SMILES string of the molecule is O=C(CCC(=O)OCCCCCCSc1ccc([N+](=O)[O-])c2nonc12)Nc1ccccc1F. The number of hydrogen-bond donors (Lipinski definition) is 1. The summed E-state index contributed by atoms with van der Waals surface area (Å²) in [6, 6.07) is 8.85. The van der Waals surface area contributed by atoms with Crippen LogP contribution >= 0.6 is 11.8 Å². The predicted molar refractivity (Wildman–Crippen MR) is 123 cm³/mol. The van der Waals surface area contributed by atoms with Crippen LogP contribution in [0.3, 0.4) is 0 Å². The lowest BCUT2D eigenvalue weighted by Crippen LogP contribution is -2.15. The quantitative estimate of drug-likeness (QED) is 0.117. The largest absolute Gasteiger partial charge is 0.466 e. The van der Waals surface area contributed by atoms with E-state index in [0.29, 0.717) is 11.9 Å². The Balaban J connectivity index is 1.24. The maximum atomic E-state index is 13.5. The number of nitrogens with one attached hydrogen (secondary N) is 1. The maximum absolute atomic E-state index is 13.5. The van der Waals surface area contributed by atoms with Crippen LogP contribution in [0.15, 0.2) is 45.9 Å². The van der Waals surface area contributed by atoms with Gasteiger partial charge in [-0.15, -0.1) is 11.8 Å². The van der Waals surface area contributed by atoms with Crippen LogP contribution in [0.25, 0.3) is 11.0 Å². The summed E-state index contributed by atoms with van der Waals surface area (Å²) >= 11 is 1.52. The number of carbonyl (C=O) groups excluding carboxylic acids is 2. The molecule has 0 aliphatic heterocycles. The number of esters is 1. The number of ether oxygens (including phenoxy) is 1. The van der Waals surface area contributed by atoms with Crippen molar-refractivity contribution < 1.29 is 28.3 Å². The molecule has 0 unspecified atom stereocenters. The van der Waals surface area contributed by atoms with Gasteiger partial charge in [-0.05, 0) is 47.1 Å². The Morgan fingerprint density at radius 3 is 2.62 bits per heavy atom. The van der Waals surface area contributed by atoms with Gasteiger partial charge >= 0.3 is 11.7 Å². The molecule has 0 fully saturated rings. The first-order valence-corrected chi connectivity index (χ1v) is 11.7. The van der Waals surface area contributed by atoms with Crippen molar-refractivity contribution in [2.75, 3.05) is 17.7 Å². The fourth-order valence-corrected chi connectivity index (χ4v) is 4.09. The van der Waals surface area contributed by atoms with Crippen LogP contribution in [0.4, 0.5) is 15.8 Å². The number of hydrogen-bond acceptors (Lipinski definition) is 9. The molecule has 34 heavy (non-hydrogen) atoms. The predicted octanol–water partition coefficient (Wildman–Crippen LogP) is 4.88. The molecule has 3 aromatic rings. The molecule has 0 saturated carbocycles. The molecule has 0 aliphatic rings. The first-order valence-electron chi connectivity index (χ1n) is 10.7. The molecule has 1 amide bonds. The van der Waals surface area contributed by atoms with Crippen LogP contribution in [0.2, 0.25) is 0 Å². The van der Waals surface area contributed by atoms with Gasteiger partial charge in [0.15, 0.2) is 5.52 Å². The van der Waals surface area contributed by atoms with Gasteiger partial charge in [0.2, 0.25) is 11.4 Å². The number of rotatable bonds is 13. The molecule has 1 aromatic heterocycles. The number of para-hydroxylation sites is 1. The Hall–Kier alpha value is -3.54. The third kappa shape index (κ3) is 7.24. The second-order valence-corrected chi connectivity index (χ2v) is 8.45. The van der Waals surface area contributed by atoms with Crippen molar-refractivity contribution in [3.63, 3.8) is 0 Å². The lowest BCUT2D eigenvalue weighted by atomic mass is 10.2. The van der Waals surface area contributed by atoms with Gasteiger partial charge in [-0.3, -0.25) is 19.7 Å². The minimum atomic E-state index is -0.534. The minimum Gasteiger partial charge on any atom is -0.466 e. The second kappa shape index (κ2) is 12.6. The van der Waals surface area contributed by atoms with E-state index in [1.165, 1.54) is 36.0 Å². The van der Waals surface area contributed by atoms with Crippen LogP contribution in [-0.4, -0.2) is 39.5 Å². The average molecular weight is 491 g/mol. The molecular weight excluding hydrogens is 467 g/mol. The highest BCUT2D eigenvalue weighted by Crippen LogP contribution is 2.32. The zero-order valence-electron chi connectivity index (χ0n) is 18.2. The van der Waals surface area contributed by atoms with Crippen LogP contribution in [0.5, 0.6) is 0 Å². The highest BCUT2D eigenvalue weighted by Gasteiger charge is 2.19. The van der Waals surface area contributed by atoms with Crippen LogP contribution in [-0.2, 0) is 14.3 Å². The summed E-state index contributed by atoms with van der Waals surface area (Å²) in [6.45, 7) is 0.272. The third-order valence-corrected chi connectivity index (χ3v) is 5.95. The van der Waals surface area contributed by atoms with Crippen molar-refractivity contribution in [2.24, 2.45) is 0 Å². The molecule has 3 rings (SSSR count). The number of halogens is 1. The Bertz CT molecular complexity index is 1160. The first-order chi connectivity index (χ1) is 16.5. The molecule has 0 aliphatic carbocycles. The Morgan fingerprint density at radius 2 is 1.82 bits per heavy atom. The van der Waals surface area contributed by atoms with E-state index in [-0.39, 0.29) is 36.3 Å². The van der Waals surface area contributed by atoms with Gasteiger partial charge in [0.1, 0.15) is 5.82 Å². The number of amides is 1. The monoisotopic (exact) mass is 490 g/mol. The Labute approximate surface area is 198 Å². The number of carbonyl (C=O) groups is 2. The number of benzene rings is 2. The van der Waals surface area contributed by atoms with E-state index in [4.69, 9.17) is 4.74 Å². The fraction of sp³-hybridized carbons (Fsp3) is 0.364. The molecule has 0 atom stereocenters. The Kier molecular flexibility index (Phi) is 9.32. The van der Waals surface area contributed by atoms with Crippen LogP contribution < -0.4 is 5.32 Å². The van der Waals surface area contributed by atoms with Gasteiger partial charge in [0, 0.05) is 17.4 Å². The molecular formula is C22H23FN4O6S. The molecule has 0 saturated heterocycles. The summed E-state index contributed by atoms with van der Waals surface area (Å²) < 4.78 is 23.3. The summed E-state index contributed by atoms with van der Waals surface area (Å²) in [5.74, 6) is -0.668. The highest BCUT2D eigenvalue weighted by molar-refractivity contribution is 7.99. The number of nitrogens with zero attached hydrogens (tertiary/aromatic N) is 3. The number of fused-ring (bicyclic) bond motifs is 1. The smallest absolute Gasteiger partial charge is 0.306 e. The third-order valence-electron chi connectivity index (χ3n) is 4.82. The minimum absolute atomic E-state index is 0.0719. The van der Waals surface area contributed by atoms with Gasteiger partial charge < -0.3 is 10.1 Å². The van der Waals surface area contributed by atoms with E-state index in [1.807, 2.05) is 0 Å². The first kappa shape index (κ1) is 25.1. The van der Waals surface area contributed by atoms with Crippen molar-refractivity contribution in [1.29, 1.82) is 0 Å². The summed E-state index contributed by atoms with van der Waals surface area (Å²) in [4.78, 5) is 34.9. The summed E-state index contributed by atoms with van der Waals surface area (Å²) in [5, 5.41) is 20.8. The fourth-order valence-electron chi connectivity index (χ4n) is 3.08. The van der Waals surface area contributed by atoms with E-state index in [9.17, 15) is 24.1 Å². The number of thioether (sulfide) groups is 1. The van der Waals surface area contributed by atoms with Crippen LogP contribution in [0, 0.1) is 15.9 Å². The molecule has 0 bridgehead atoms. The topological polar surface area (TPSA) is 137 Å². The molecule has 12 heteroatoms. The van der Waals surface area contributed by atoms with Crippen molar-refractivity contribution >= 4 is 46.0 Å². The molecule has 2 aromatic carbocycles. The average Bonchev–Trinajstić information content (AvgIpc) is 3.31. The van der Waals surface area contributed by atoms with E-state index < -0.39 is 22.6 Å². The molecule has 0 radical (unpaired) electrons. The Morgan fingerprint density at radius 1 is 1.06 bits per heavy atom. The number of nitro benzene ring substituents is 1. The van der Waals surface area contributed by atoms with Gasteiger partial charge in [-0.2, -0.15) is 0 Å². The number of non-ortho nitro benzene ring substituents is 1. The molecule has 0 spiro atoms. The van der Waals surface area contributed by atoms with Crippen molar-refractivity contribution in [3.8, 4) is 0 Å². The summed E-state index contributed by atoms with van der Waals surface area (Å²) in [6.07, 6.45) is 3.23. The van der Waals surface area contributed by atoms with E-state index in [1.54, 1.807) is 12.1 Å². The summed E-state index contributed by atoms with van der Waals surface area (Å²) in [7, 11) is 0. The number of anilines is 1. The molecule has 1 heterocycles. The molecule has 1 N–H and O–H groups in total. The van der Waals surface area contributed by atoms with Gasteiger partial charge in [-0.1, -0.05) is 25.0 Å². The van der Waals surface area contributed by atoms with E-state index >= 15 is 0 Å². The second-order valence-electron chi connectivity index (χ2n) is 7.31. The van der Waals surface area contributed by atoms with Gasteiger partial charge in [0.05, 0.1) is 23.6 Å². The van der Waals surface area contributed by atoms with Gasteiger partial charge in [0.25, 0.3) is 0 Å². The number of nitro groups is 1. The van der Waals surface area contributed by atoms with Gasteiger partial charge in [-0.25, -0.2) is 9.02 Å². The lowest BCUT2D eigenvalue weighted by Gasteiger charge is -2.07. The normalized spacial score (nSPS) is 10.9. The van der Waals surface area contributed by atoms with Crippen molar-refractivity contribution in [3.05, 3.63) is 52.3 Å². The molecule has 180 valence electrons. The maximum Gasteiger partial charge on any atom is 0.306 e. The highest BCUT2D eigenvalue weighted by atomic mass is 32.2. The standard InChI is InChI=1S/C22H23FN4O6S/c23-15-7-3-4-8-16(15)24-19(28)11-12-20(29)32-13-5-1-2-6-14-34-18-10-9-17(27(30)31)21-22(18)26-33-25-21/h3-4,7-10H,1-2,5-6,11-14H2,(H,24,28). The zero-order valence-corrected chi connectivity index (χ0v) is 19.0. The number of aromatic nitrogens is 2. The lowest BCUT2D eigenvalue weighted by molar-refractivity contribution is -0.383. The summed E-state index contributed by atoms with van der Waals surface area (Å²) in [5.41, 5.74) is 0.464. The number of unbranched alkanes of at least 4 members (excludes halogenated alkanes) is 3. The van der Waals surface area contributed by atoms with Crippen molar-refractivity contribution in [1.82, 2.24) is 10.3 Å². The zero-order chi connectivity index (χ0) is 24.3. The molecule has 10 nitrogen and oxygen atoms in total. The van der Waals surface area contributed by atoms with Crippen molar-refractivity contribution in [2.45, 2.75) is 43.4 Å².